The maximum absolute atomic E-state index is 9.47. The predicted octanol–water partition coefficient (Wildman–Crippen LogP) is 0.795. The lowest BCUT2D eigenvalue weighted by atomic mass is 10.2. The summed E-state index contributed by atoms with van der Waals surface area (Å²) in [6.07, 6.45) is 2.28. The Balaban J connectivity index is 2.33. The molecule has 0 fully saturated rings. The molecule has 2 N–H and O–H groups in total. The second kappa shape index (κ2) is 6.60. The molecule has 0 saturated carbocycles. The van der Waals surface area contributed by atoms with Crippen molar-refractivity contribution in [3.05, 3.63) is 11.9 Å². The van der Waals surface area contributed by atoms with Gasteiger partial charge in [0.05, 0.1) is 18.3 Å². The van der Waals surface area contributed by atoms with Crippen LogP contribution in [-0.4, -0.2) is 32.7 Å². The van der Waals surface area contributed by atoms with Crippen molar-refractivity contribution >= 4 is 0 Å². The van der Waals surface area contributed by atoms with Crippen LogP contribution in [0.1, 0.15) is 32.9 Å². The number of hydrogen-bond acceptors (Lipinski definition) is 4. The molecule has 0 radical (unpaired) electrons. The molecule has 0 aliphatic carbocycles. The first kappa shape index (κ1) is 13.1. The maximum atomic E-state index is 9.47. The lowest BCUT2D eigenvalue weighted by molar-refractivity contribution is 0.144. The first-order valence-corrected chi connectivity index (χ1v) is 5.89. The molecule has 16 heavy (non-hydrogen) atoms. The van der Waals surface area contributed by atoms with Gasteiger partial charge in [-0.3, -0.25) is 0 Å². The summed E-state index contributed by atoms with van der Waals surface area (Å²) in [4.78, 5) is 0. The van der Waals surface area contributed by atoms with Crippen molar-refractivity contribution in [1.82, 2.24) is 20.3 Å². The molecule has 0 bridgehead atoms. The smallest absolute Gasteiger partial charge is 0.0964 e. The molecule has 1 rings (SSSR count). The van der Waals surface area contributed by atoms with Gasteiger partial charge < -0.3 is 10.4 Å². The molecule has 1 aromatic heterocycles. The third-order valence-electron chi connectivity index (χ3n) is 2.31. The monoisotopic (exact) mass is 226 g/mol. The minimum atomic E-state index is -0.335. The number of nitrogens with zero attached hydrogens (tertiary/aromatic N) is 3. The van der Waals surface area contributed by atoms with Crippen molar-refractivity contribution in [3.63, 3.8) is 0 Å². The largest absolute Gasteiger partial charge is 0.391 e. The summed E-state index contributed by atoms with van der Waals surface area (Å²) in [5, 5.41) is 20.8. The Morgan fingerprint density at radius 2 is 2.25 bits per heavy atom. The molecule has 0 aliphatic heterocycles. The second-order valence-electron chi connectivity index (χ2n) is 4.52. The van der Waals surface area contributed by atoms with Crippen molar-refractivity contribution in [2.45, 2.75) is 46.4 Å². The Morgan fingerprint density at radius 1 is 1.50 bits per heavy atom. The van der Waals surface area contributed by atoms with Crippen LogP contribution in [0.5, 0.6) is 0 Å². The quantitative estimate of drug-likeness (QED) is 0.721. The van der Waals surface area contributed by atoms with E-state index in [1.165, 1.54) is 0 Å². The van der Waals surface area contributed by atoms with Gasteiger partial charge in [0.2, 0.25) is 0 Å². The summed E-state index contributed by atoms with van der Waals surface area (Å²) in [7, 11) is 0. The molecule has 1 unspecified atom stereocenters. The SMILES string of the molecule is CCC(O)Cn1cc(CNCC(C)C)nn1. The Hall–Kier alpha value is -0.940. The number of aliphatic hydroxyl groups excluding tert-OH is 1. The third-order valence-corrected chi connectivity index (χ3v) is 2.31. The molecule has 92 valence electrons. The van der Waals surface area contributed by atoms with E-state index < -0.39 is 0 Å². The summed E-state index contributed by atoms with van der Waals surface area (Å²) < 4.78 is 1.69. The number of aliphatic hydroxyl groups is 1. The van der Waals surface area contributed by atoms with E-state index in [4.69, 9.17) is 0 Å². The molecule has 0 amide bonds. The molecule has 0 saturated heterocycles. The average Bonchev–Trinajstić information content (AvgIpc) is 2.65. The van der Waals surface area contributed by atoms with Crippen LogP contribution in [0.4, 0.5) is 0 Å². The minimum absolute atomic E-state index is 0.335. The van der Waals surface area contributed by atoms with E-state index in [-0.39, 0.29) is 6.10 Å². The summed E-state index contributed by atoms with van der Waals surface area (Å²) in [5.74, 6) is 0.636. The first-order valence-electron chi connectivity index (χ1n) is 5.89. The van der Waals surface area contributed by atoms with Crippen LogP contribution in [0.2, 0.25) is 0 Å². The fraction of sp³-hybridized carbons (Fsp3) is 0.818. The molecule has 0 aliphatic rings. The molecule has 5 nitrogen and oxygen atoms in total. The Kier molecular flexibility index (Phi) is 5.42. The van der Waals surface area contributed by atoms with Gasteiger partial charge in [0, 0.05) is 12.7 Å². The number of nitrogens with one attached hydrogen (secondary N) is 1. The van der Waals surface area contributed by atoms with Crippen molar-refractivity contribution in [2.75, 3.05) is 6.54 Å². The van der Waals surface area contributed by atoms with Crippen LogP contribution < -0.4 is 5.32 Å². The van der Waals surface area contributed by atoms with Crippen molar-refractivity contribution in [1.29, 1.82) is 0 Å². The van der Waals surface area contributed by atoms with Crippen LogP contribution in [0.3, 0.4) is 0 Å². The lowest BCUT2D eigenvalue weighted by Gasteiger charge is -2.06. The van der Waals surface area contributed by atoms with Crippen LogP contribution in [0, 0.1) is 5.92 Å². The van der Waals surface area contributed by atoms with Gasteiger partial charge >= 0.3 is 0 Å². The topological polar surface area (TPSA) is 63.0 Å². The van der Waals surface area contributed by atoms with Gasteiger partial charge in [-0.2, -0.15) is 0 Å². The molecule has 0 spiro atoms. The maximum Gasteiger partial charge on any atom is 0.0964 e. The molecule has 5 heteroatoms. The lowest BCUT2D eigenvalue weighted by Crippen LogP contribution is -2.19. The Bertz CT molecular complexity index is 298. The van der Waals surface area contributed by atoms with Gasteiger partial charge in [-0.15, -0.1) is 5.10 Å². The van der Waals surface area contributed by atoms with E-state index in [1.54, 1.807) is 4.68 Å². The summed E-state index contributed by atoms with van der Waals surface area (Å²) in [6, 6.07) is 0. The zero-order valence-corrected chi connectivity index (χ0v) is 10.3. The molecular formula is C11H22N4O. The van der Waals surface area contributed by atoms with Gasteiger partial charge in [0.1, 0.15) is 0 Å². The van der Waals surface area contributed by atoms with Crippen LogP contribution in [0.25, 0.3) is 0 Å². The van der Waals surface area contributed by atoms with Gasteiger partial charge in [-0.25, -0.2) is 4.68 Å². The molecule has 0 aromatic carbocycles. The zero-order chi connectivity index (χ0) is 12.0. The molecule has 1 atom stereocenters. The molecule has 1 aromatic rings. The van der Waals surface area contributed by atoms with Gasteiger partial charge in [-0.1, -0.05) is 26.0 Å². The summed E-state index contributed by atoms with van der Waals surface area (Å²) in [6.45, 7) is 8.52. The van der Waals surface area contributed by atoms with Gasteiger partial charge in [0.15, 0.2) is 0 Å². The number of aromatic nitrogens is 3. The van der Waals surface area contributed by atoms with Crippen molar-refractivity contribution in [2.24, 2.45) is 5.92 Å². The number of rotatable bonds is 7. The Morgan fingerprint density at radius 3 is 2.88 bits per heavy atom. The molecular weight excluding hydrogens is 204 g/mol. The van der Waals surface area contributed by atoms with Crippen LogP contribution in [-0.2, 0) is 13.1 Å². The van der Waals surface area contributed by atoms with Crippen molar-refractivity contribution < 1.29 is 5.11 Å². The van der Waals surface area contributed by atoms with Gasteiger partial charge in [0.25, 0.3) is 0 Å². The summed E-state index contributed by atoms with van der Waals surface area (Å²) in [5.41, 5.74) is 0.920. The minimum Gasteiger partial charge on any atom is -0.391 e. The van der Waals surface area contributed by atoms with E-state index in [0.717, 1.165) is 25.2 Å². The Labute approximate surface area is 96.9 Å². The third kappa shape index (κ3) is 4.72. The van der Waals surface area contributed by atoms with Crippen LogP contribution in [0.15, 0.2) is 6.20 Å². The van der Waals surface area contributed by atoms with E-state index in [2.05, 4.69) is 29.5 Å². The highest BCUT2D eigenvalue weighted by molar-refractivity contribution is 4.91. The highest BCUT2D eigenvalue weighted by atomic mass is 16.3. The van der Waals surface area contributed by atoms with E-state index in [9.17, 15) is 5.11 Å². The highest BCUT2D eigenvalue weighted by Crippen LogP contribution is 1.98. The second-order valence-corrected chi connectivity index (χ2v) is 4.52. The normalized spacial score (nSPS) is 13.3. The summed E-state index contributed by atoms with van der Waals surface area (Å²) >= 11 is 0. The first-order chi connectivity index (χ1) is 7.61. The van der Waals surface area contributed by atoms with Crippen molar-refractivity contribution in [3.8, 4) is 0 Å². The number of hydrogen-bond donors (Lipinski definition) is 2. The predicted molar refractivity (Wildman–Crippen MR) is 62.9 cm³/mol. The van der Waals surface area contributed by atoms with E-state index in [0.29, 0.717) is 12.5 Å². The fourth-order valence-electron chi connectivity index (χ4n) is 1.34. The highest BCUT2D eigenvalue weighted by Gasteiger charge is 2.05. The molecule has 1 heterocycles. The fourth-order valence-corrected chi connectivity index (χ4v) is 1.34. The van der Waals surface area contributed by atoms with Gasteiger partial charge in [-0.05, 0) is 18.9 Å². The van der Waals surface area contributed by atoms with E-state index >= 15 is 0 Å². The average molecular weight is 226 g/mol. The standard InChI is InChI=1S/C11H22N4O/c1-4-11(16)8-15-7-10(13-14-15)6-12-5-9(2)3/h7,9,11-12,16H,4-6,8H2,1-3H3. The van der Waals surface area contributed by atoms with Crippen LogP contribution >= 0.6 is 0 Å². The van der Waals surface area contributed by atoms with E-state index in [1.807, 2.05) is 13.1 Å². The zero-order valence-electron chi connectivity index (χ0n) is 10.3.